The molecule has 7 nitrogen and oxygen atoms in total. The standard InChI is InChI=1S/C20H22N4O3/c1-14-6-5-7-15(10-14)11-16(20(26)27)12-21-18(25)17-13-22-23(2)19(17)24-8-3-4-9-24/h3-10,13,16H,11-12H2,1-2H3,(H,21,25)(H,26,27). The zero-order valence-corrected chi connectivity index (χ0v) is 15.3. The zero-order chi connectivity index (χ0) is 19.4. The van der Waals surface area contributed by atoms with Crippen LogP contribution >= 0.6 is 0 Å². The van der Waals surface area contributed by atoms with E-state index >= 15 is 0 Å². The summed E-state index contributed by atoms with van der Waals surface area (Å²) in [6, 6.07) is 11.4. The van der Waals surface area contributed by atoms with Gasteiger partial charge in [0, 0.05) is 26.0 Å². The molecule has 2 aromatic heterocycles. The van der Waals surface area contributed by atoms with E-state index in [4.69, 9.17) is 0 Å². The molecule has 3 rings (SSSR count). The van der Waals surface area contributed by atoms with Gasteiger partial charge in [-0.25, -0.2) is 0 Å². The van der Waals surface area contributed by atoms with Crippen LogP contribution in [0.4, 0.5) is 0 Å². The van der Waals surface area contributed by atoms with Crippen LogP contribution in [0.15, 0.2) is 55.0 Å². The molecule has 1 atom stereocenters. The highest BCUT2D eigenvalue weighted by Crippen LogP contribution is 2.15. The lowest BCUT2D eigenvalue weighted by Crippen LogP contribution is -2.34. The second-order valence-electron chi connectivity index (χ2n) is 6.53. The summed E-state index contributed by atoms with van der Waals surface area (Å²) in [5.41, 5.74) is 2.41. The molecule has 3 aromatic rings. The van der Waals surface area contributed by atoms with Crippen molar-refractivity contribution >= 4 is 11.9 Å². The number of carbonyl (C=O) groups is 2. The Labute approximate surface area is 157 Å². The highest BCUT2D eigenvalue weighted by molar-refractivity contribution is 5.97. The Morgan fingerprint density at radius 1 is 1.22 bits per heavy atom. The molecule has 0 aliphatic rings. The summed E-state index contributed by atoms with van der Waals surface area (Å²) >= 11 is 0. The maximum atomic E-state index is 12.6. The van der Waals surface area contributed by atoms with E-state index in [1.54, 1.807) is 16.3 Å². The first-order valence-electron chi connectivity index (χ1n) is 8.67. The van der Waals surface area contributed by atoms with Crippen molar-refractivity contribution in [3.05, 3.63) is 71.7 Å². The molecule has 140 valence electrons. The van der Waals surface area contributed by atoms with Crippen LogP contribution in [0.2, 0.25) is 0 Å². The number of aliphatic carboxylic acids is 1. The van der Waals surface area contributed by atoms with E-state index in [1.807, 2.05) is 55.7 Å². The SMILES string of the molecule is Cc1cccc(CC(CNC(=O)c2cnn(C)c2-n2cccc2)C(=O)O)c1. The first-order chi connectivity index (χ1) is 13.0. The molecule has 1 aromatic carbocycles. The lowest BCUT2D eigenvalue weighted by atomic mass is 9.98. The molecule has 0 saturated carbocycles. The molecule has 1 amide bonds. The van der Waals surface area contributed by atoms with E-state index in [0.717, 1.165) is 11.1 Å². The van der Waals surface area contributed by atoms with Crippen LogP contribution in [-0.2, 0) is 18.3 Å². The van der Waals surface area contributed by atoms with Crippen LogP contribution in [0.5, 0.6) is 0 Å². The second-order valence-corrected chi connectivity index (χ2v) is 6.53. The number of carboxylic acids is 1. The molecule has 7 heteroatoms. The van der Waals surface area contributed by atoms with E-state index in [0.29, 0.717) is 17.8 Å². The number of carbonyl (C=O) groups excluding carboxylic acids is 1. The molecule has 2 N–H and O–H groups in total. The number of aryl methyl sites for hydroxylation is 2. The summed E-state index contributed by atoms with van der Waals surface area (Å²) in [5, 5.41) is 16.4. The summed E-state index contributed by atoms with van der Waals surface area (Å²) in [6.07, 6.45) is 5.49. The van der Waals surface area contributed by atoms with Gasteiger partial charge < -0.3 is 15.0 Å². The Bertz CT molecular complexity index is 944. The molecule has 2 heterocycles. The Hall–Kier alpha value is -3.35. The van der Waals surface area contributed by atoms with E-state index < -0.39 is 11.9 Å². The second kappa shape index (κ2) is 7.90. The number of nitrogens with one attached hydrogen (secondary N) is 1. The van der Waals surface area contributed by atoms with Crippen LogP contribution in [0, 0.1) is 12.8 Å². The lowest BCUT2D eigenvalue weighted by molar-refractivity contribution is -0.141. The third-order valence-electron chi connectivity index (χ3n) is 4.42. The fraction of sp³-hybridized carbons (Fsp3) is 0.250. The number of rotatable bonds is 7. The Morgan fingerprint density at radius 3 is 2.63 bits per heavy atom. The lowest BCUT2D eigenvalue weighted by Gasteiger charge is -2.14. The first kappa shape index (κ1) is 18.4. The average Bonchev–Trinajstić information content (AvgIpc) is 3.27. The van der Waals surface area contributed by atoms with Crippen molar-refractivity contribution in [3.63, 3.8) is 0 Å². The van der Waals surface area contributed by atoms with Gasteiger partial charge in [-0.2, -0.15) is 5.10 Å². The van der Waals surface area contributed by atoms with Crippen molar-refractivity contribution in [2.24, 2.45) is 13.0 Å². The van der Waals surface area contributed by atoms with Gasteiger partial charge in [0.25, 0.3) is 5.91 Å². The Balaban J connectivity index is 1.71. The van der Waals surface area contributed by atoms with Gasteiger partial charge in [-0.1, -0.05) is 29.8 Å². The zero-order valence-electron chi connectivity index (χ0n) is 15.3. The molecule has 0 spiro atoms. The minimum atomic E-state index is -0.936. The summed E-state index contributed by atoms with van der Waals surface area (Å²) in [4.78, 5) is 24.3. The highest BCUT2D eigenvalue weighted by Gasteiger charge is 2.22. The topological polar surface area (TPSA) is 89.2 Å². The molecule has 0 radical (unpaired) electrons. The molecule has 0 saturated heterocycles. The molecule has 0 aliphatic heterocycles. The molecule has 27 heavy (non-hydrogen) atoms. The Kier molecular flexibility index (Phi) is 5.40. The number of amides is 1. The predicted octanol–water partition coefficient (Wildman–Crippen LogP) is 2.19. The summed E-state index contributed by atoms with van der Waals surface area (Å²) in [5.74, 6) is -1.36. The van der Waals surface area contributed by atoms with Gasteiger partial charge in [-0.05, 0) is 31.0 Å². The van der Waals surface area contributed by atoms with Crippen molar-refractivity contribution in [2.75, 3.05) is 6.54 Å². The number of aromatic nitrogens is 3. The minimum absolute atomic E-state index is 0.0438. The number of nitrogens with zero attached hydrogens (tertiary/aromatic N) is 3. The van der Waals surface area contributed by atoms with Crippen molar-refractivity contribution < 1.29 is 14.7 Å². The van der Waals surface area contributed by atoms with E-state index in [1.165, 1.54) is 6.20 Å². The molecular formula is C20H22N4O3. The van der Waals surface area contributed by atoms with Gasteiger partial charge in [0.05, 0.1) is 12.1 Å². The van der Waals surface area contributed by atoms with E-state index in [2.05, 4.69) is 10.4 Å². The minimum Gasteiger partial charge on any atom is -0.481 e. The summed E-state index contributed by atoms with van der Waals surface area (Å²) in [7, 11) is 1.75. The number of hydrogen-bond acceptors (Lipinski definition) is 3. The van der Waals surface area contributed by atoms with Crippen LogP contribution in [-0.4, -0.2) is 37.9 Å². The third-order valence-corrected chi connectivity index (χ3v) is 4.42. The molecule has 0 aliphatic carbocycles. The summed E-state index contributed by atoms with van der Waals surface area (Å²) in [6.45, 7) is 2.01. The fourth-order valence-corrected chi connectivity index (χ4v) is 3.05. The quantitative estimate of drug-likeness (QED) is 0.671. The van der Waals surface area contributed by atoms with Crippen molar-refractivity contribution in [3.8, 4) is 5.82 Å². The van der Waals surface area contributed by atoms with Crippen LogP contribution in [0.25, 0.3) is 5.82 Å². The molecule has 0 bridgehead atoms. The summed E-state index contributed by atoms with van der Waals surface area (Å²) < 4.78 is 3.40. The largest absolute Gasteiger partial charge is 0.481 e. The number of hydrogen-bond donors (Lipinski definition) is 2. The normalized spacial score (nSPS) is 11.9. The molecule has 0 fully saturated rings. The Morgan fingerprint density at radius 2 is 1.96 bits per heavy atom. The fourth-order valence-electron chi connectivity index (χ4n) is 3.05. The van der Waals surface area contributed by atoms with Gasteiger partial charge in [0.1, 0.15) is 11.4 Å². The van der Waals surface area contributed by atoms with Gasteiger partial charge in [-0.15, -0.1) is 0 Å². The predicted molar refractivity (Wildman–Crippen MR) is 101 cm³/mol. The molecule has 1 unspecified atom stereocenters. The van der Waals surface area contributed by atoms with Crippen molar-refractivity contribution in [1.82, 2.24) is 19.7 Å². The van der Waals surface area contributed by atoms with Crippen LogP contribution in [0.1, 0.15) is 21.5 Å². The average molecular weight is 366 g/mol. The van der Waals surface area contributed by atoms with Crippen LogP contribution in [0.3, 0.4) is 0 Å². The van der Waals surface area contributed by atoms with Crippen LogP contribution < -0.4 is 5.32 Å². The van der Waals surface area contributed by atoms with Gasteiger partial charge >= 0.3 is 5.97 Å². The highest BCUT2D eigenvalue weighted by atomic mass is 16.4. The van der Waals surface area contributed by atoms with Gasteiger partial charge in [0.15, 0.2) is 0 Å². The van der Waals surface area contributed by atoms with E-state index in [-0.39, 0.29) is 12.5 Å². The maximum Gasteiger partial charge on any atom is 0.308 e. The van der Waals surface area contributed by atoms with Crippen molar-refractivity contribution in [1.29, 1.82) is 0 Å². The monoisotopic (exact) mass is 366 g/mol. The molecular weight excluding hydrogens is 344 g/mol. The van der Waals surface area contributed by atoms with Gasteiger partial charge in [0.2, 0.25) is 0 Å². The van der Waals surface area contributed by atoms with E-state index in [9.17, 15) is 14.7 Å². The maximum absolute atomic E-state index is 12.6. The number of carboxylic acid groups (broad SMARTS) is 1. The van der Waals surface area contributed by atoms with Crippen molar-refractivity contribution in [2.45, 2.75) is 13.3 Å². The first-order valence-corrected chi connectivity index (χ1v) is 8.67. The number of benzene rings is 1. The smallest absolute Gasteiger partial charge is 0.308 e. The van der Waals surface area contributed by atoms with Gasteiger partial charge in [-0.3, -0.25) is 14.3 Å². The third kappa shape index (κ3) is 4.25.